The molecule has 1 aliphatic carbocycles. The Balaban J connectivity index is 1.68. The van der Waals surface area contributed by atoms with Crippen molar-refractivity contribution in [3.8, 4) is 0 Å². The van der Waals surface area contributed by atoms with Gasteiger partial charge in [0.05, 0.1) is 12.2 Å². The molecule has 9 heteroatoms. The number of Topliss-reactive ketones (excluding diaryl/α,β-unsaturated/α-hetero) is 1. The summed E-state index contributed by atoms with van der Waals surface area (Å²) in [6.45, 7) is 3.95. The van der Waals surface area contributed by atoms with E-state index >= 15 is 0 Å². The molecule has 154 valence electrons. The number of nitrogens with one attached hydrogen (secondary N) is 1. The minimum atomic E-state index is -0.782. The van der Waals surface area contributed by atoms with Crippen molar-refractivity contribution in [3.63, 3.8) is 0 Å². The Morgan fingerprint density at radius 1 is 1.14 bits per heavy atom. The number of anilines is 1. The van der Waals surface area contributed by atoms with Crippen molar-refractivity contribution < 1.29 is 33.1 Å². The van der Waals surface area contributed by atoms with Crippen LogP contribution in [0, 0.1) is 6.92 Å². The minimum absolute atomic E-state index is 0.0452. The van der Waals surface area contributed by atoms with Gasteiger partial charge in [0.2, 0.25) is 5.88 Å². The van der Waals surface area contributed by atoms with Gasteiger partial charge in [-0.15, -0.1) is 11.3 Å². The molecule has 0 saturated heterocycles. The van der Waals surface area contributed by atoms with Crippen molar-refractivity contribution in [2.45, 2.75) is 40.0 Å². The highest BCUT2D eigenvalue weighted by Gasteiger charge is 2.29. The molecule has 0 aliphatic heterocycles. The summed E-state index contributed by atoms with van der Waals surface area (Å²) in [7, 11) is 0. The summed E-state index contributed by atoms with van der Waals surface area (Å²) in [5.41, 5.74) is 1.06. The monoisotopic (exact) mass is 419 g/mol. The number of carbonyl (C=O) groups is 4. The molecular formula is C20H21NO7S. The zero-order chi connectivity index (χ0) is 21.1. The van der Waals surface area contributed by atoms with Crippen LogP contribution in [-0.4, -0.2) is 36.8 Å². The fourth-order valence-corrected chi connectivity index (χ4v) is 4.40. The highest BCUT2D eigenvalue weighted by atomic mass is 32.1. The predicted octanol–water partition coefficient (Wildman–Crippen LogP) is 3.31. The molecule has 0 fully saturated rings. The maximum absolute atomic E-state index is 12.2. The summed E-state index contributed by atoms with van der Waals surface area (Å²) in [5.74, 6) is -2.48. The lowest BCUT2D eigenvalue weighted by molar-refractivity contribution is -0.119. The van der Waals surface area contributed by atoms with Crippen LogP contribution in [0.5, 0.6) is 0 Å². The summed E-state index contributed by atoms with van der Waals surface area (Å²) >= 11 is 1.38. The van der Waals surface area contributed by atoms with Crippen molar-refractivity contribution in [1.29, 1.82) is 0 Å². The average Bonchev–Trinajstić information content (AvgIpc) is 3.32. The number of amides is 1. The Labute approximate surface area is 171 Å². The first kappa shape index (κ1) is 20.8. The van der Waals surface area contributed by atoms with Crippen molar-refractivity contribution in [2.75, 3.05) is 18.5 Å². The number of fused-ring (bicyclic) bond motifs is 1. The van der Waals surface area contributed by atoms with Crippen LogP contribution in [-0.2, 0) is 27.1 Å². The molecule has 2 aromatic rings. The molecule has 2 aromatic heterocycles. The van der Waals surface area contributed by atoms with E-state index in [4.69, 9.17) is 13.9 Å². The number of ketones is 1. The van der Waals surface area contributed by atoms with E-state index < -0.39 is 30.2 Å². The first-order valence-corrected chi connectivity index (χ1v) is 10.0. The molecule has 8 nitrogen and oxygen atoms in total. The van der Waals surface area contributed by atoms with Crippen LogP contribution in [0.25, 0.3) is 0 Å². The average molecular weight is 419 g/mol. The maximum Gasteiger partial charge on any atom is 0.348 e. The Kier molecular flexibility index (Phi) is 6.17. The molecule has 1 aliphatic rings. The van der Waals surface area contributed by atoms with Gasteiger partial charge < -0.3 is 13.9 Å². The number of aryl methyl sites for hydroxylation is 3. The van der Waals surface area contributed by atoms with Gasteiger partial charge in [-0.2, -0.15) is 0 Å². The Hall–Kier alpha value is -2.94. The zero-order valence-electron chi connectivity index (χ0n) is 16.4. The Morgan fingerprint density at radius 2 is 1.90 bits per heavy atom. The second-order valence-corrected chi connectivity index (χ2v) is 7.69. The third-order valence-electron chi connectivity index (χ3n) is 4.45. The standard InChI is InChI=1S/C20H21NO7S/c1-4-26-20(25)17-16(10(2)22)11(3)28-18(17)21-15(23)9-27-19(24)14-8-12-6-5-7-13(12)29-14/h8H,4-7,9H2,1-3H3,(H,21,23). The number of esters is 2. The van der Waals surface area contributed by atoms with Gasteiger partial charge in [0.15, 0.2) is 12.4 Å². The number of rotatable bonds is 7. The molecule has 2 heterocycles. The lowest BCUT2D eigenvalue weighted by Crippen LogP contribution is -2.22. The number of hydrogen-bond donors (Lipinski definition) is 1. The first-order valence-electron chi connectivity index (χ1n) is 9.21. The smallest absolute Gasteiger partial charge is 0.348 e. The molecule has 1 N–H and O–H groups in total. The highest BCUT2D eigenvalue weighted by Crippen LogP contribution is 2.31. The molecule has 0 radical (unpaired) electrons. The SMILES string of the molecule is CCOC(=O)c1c(NC(=O)COC(=O)c2cc3c(s2)CCC3)oc(C)c1C(C)=O. The van der Waals surface area contributed by atoms with Crippen LogP contribution in [0.3, 0.4) is 0 Å². The van der Waals surface area contributed by atoms with Gasteiger partial charge in [0.1, 0.15) is 16.2 Å². The number of furan rings is 1. The van der Waals surface area contributed by atoms with Crippen LogP contribution in [0.15, 0.2) is 10.5 Å². The summed E-state index contributed by atoms with van der Waals surface area (Å²) in [6.07, 6.45) is 3.00. The van der Waals surface area contributed by atoms with E-state index in [-0.39, 0.29) is 29.4 Å². The van der Waals surface area contributed by atoms with E-state index in [2.05, 4.69) is 5.32 Å². The van der Waals surface area contributed by atoms with Crippen LogP contribution < -0.4 is 5.32 Å². The lowest BCUT2D eigenvalue weighted by atomic mass is 10.1. The molecule has 29 heavy (non-hydrogen) atoms. The van der Waals surface area contributed by atoms with Gasteiger partial charge in [-0.3, -0.25) is 14.9 Å². The van der Waals surface area contributed by atoms with E-state index in [0.717, 1.165) is 24.8 Å². The Bertz CT molecular complexity index is 964. The van der Waals surface area contributed by atoms with Crippen molar-refractivity contribution in [3.05, 3.63) is 38.3 Å². The normalized spacial score (nSPS) is 12.4. The topological polar surface area (TPSA) is 112 Å². The van der Waals surface area contributed by atoms with E-state index in [9.17, 15) is 19.2 Å². The molecule has 0 aromatic carbocycles. The van der Waals surface area contributed by atoms with Gasteiger partial charge in [-0.25, -0.2) is 9.59 Å². The molecule has 0 bridgehead atoms. The largest absolute Gasteiger partial charge is 0.462 e. The molecular weight excluding hydrogens is 398 g/mol. The summed E-state index contributed by atoms with van der Waals surface area (Å²) < 4.78 is 15.4. The first-order chi connectivity index (χ1) is 13.8. The van der Waals surface area contributed by atoms with Crippen molar-refractivity contribution in [1.82, 2.24) is 0 Å². The fraction of sp³-hybridized carbons (Fsp3) is 0.400. The zero-order valence-corrected chi connectivity index (χ0v) is 17.2. The number of carbonyl (C=O) groups excluding carboxylic acids is 4. The van der Waals surface area contributed by atoms with Gasteiger partial charge in [0.25, 0.3) is 5.91 Å². The third-order valence-corrected chi connectivity index (χ3v) is 5.67. The molecule has 0 spiro atoms. The predicted molar refractivity (Wildman–Crippen MR) is 105 cm³/mol. The molecule has 1 amide bonds. The van der Waals surface area contributed by atoms with Gasteiger partial charge in [-0.05, 0) is 51.7 Å². The number of thiophene rings is 1. The van der Waals surface area contributed by atoms with E-state index in [1.54, 1.807) is 13.0 Å². The van der Waals surface area contributed by atoms with E-state index in [0.29, 0.717) is 4.88 Å². The summed E-state index contributed by atoms with van der Waals surface area (Å²) in [6, 6.07) is 1.81. The van der Waals surface area contributed by atoms with E-state index in [1.807, 2.05) is 0 Å². The molecule has 0 atom stereocenters. The second-order valence-electron chi connectivity index (χ2n) is 6.55. The van der Waals surface area contributed by atoms with Crippen LogP contribution in [0.2, 0.25) is 0 Å². The van der Waals surface area contributed by atoms with Gasteiger partial charge in [-0.1, -0.05) is 0 Å². The fourth-order valence-electron chi connectivity index (χ4n) is 3.25. The number of hydrogen-bond acceptors (Lipinski definition) is 8. The highest BCUT2D eigenvalue weighted by molar-refractivity contribution is 7.14. The van der Waals surface area contributed by atoms with Crippen molar-refractivity contribution >= 4 is 40.9 Å². The third kappa shape index (κ3) is 4.40. The van der Waals surface area contributed by atoms with Crippen LogP contribution in [0.1, 0.15) is 66.9 Å². The van der Waals surface area contributed by atoms with Crippen LogP contribution >= 0.6 is 11.3 Å². The quantitative estimate of drug-likeness (QED) is 0.541. The number of ether oxygens (including phenoxy) is 2. The Morgan fingerprint density at radius 3 is 2.55 bits per heavy atom. The second kappa shape index (κ2) is 8.60. The van der Waals surface area contributed by atoms with Gasteiger partial charge >= 0.3 is 11.9 Å². The van der Waals surface area contributed by atoms with Crippen LogP contribution in [0.4, 0.5) is 5.88 Å². The molecule has 0 saturated carbocycles. The van der Waals surface area contributed by atoms with E-state index in [1.165, 1.54) is 30.1 Å². The summed E-state index contributed by atoms with van der Waals surface area (Å²) in [4.78, 5) is 50.2. The maximum atomic E-state index is 12.2. The summed E-state index contributed by atoms with van der Waals surface area (Å²) in [5, 5.41) is 2.38. The minimum Gasteiger partial charge on any atom is -0.462 e. The molecule has 0 unspecified atom stereocenters. The lowest BCUT2D eigenvalue weighted by Gasteiger charge is -2.06. The molecule has 3 rings (SSSR count). The van der Waals surface area contributed by atoms with Crippen molar-refractivity contribution in [2.24, 2.45) is 0 Å². The van der Waals surface area contributed by atoms with Gasteiger partial charge in [0, 0.05) is 4.88 Å².